The SMILES string of the molecule is O=C(O)c1cccc2c1ccc[n+]2[O-]. The van der Waals surface area contributed by atoms with Crippen LogP contribution in [-0.2, 0) is 0 Å². The van der Waals surface area contributed by atoms with Gasteiger partial charge < -0.3 is 10.3 Å². The van der Waals surface area contributed by atoms with Crippen molar-refractivity contribution in [2.24, 2.45) is 0 Å². The van der Waals surface area contributed by atoms with Crippen LogP contribution in [0.3, 0.4) is 0 Å². The fraction of sp³-hybridized carbons (Fsp3) is 0. The molecule has 70 valence electrons. The number of carboxylic acid groups (broad SMARTS) is 1. The van der Waals surface area contributed by atoms with Gasteiger partial charge in [-0.15, -0.1) is 0 Å². The number of nitrogens with zero attached hydrogens (tertiary/aromatic N) is 1. The van der Waals surface area contributed by atoms with Gasteiger partial charge in [0.15, 0.2) is 6.20 Å². The highest BCUT2D eigenvalue weighted by molar-refractivity contribution is 6.01. The third-order valence-corrected chi connectivity index (χ3v) is 2.04. The molecule has 4 heteroatoms. The Hall–Kier alpha value is -2.10. The normalized spacial score (nSPS) is 10.3. The summed E-state index contributed by atoms with van der Waals surface area (Å²) in [5.74, 6) is -1.03. The third-order valence-electron chi connectivity index (χ3n) is 2.04. The minimum atomic E-state index is -1.03. The van der Waals surface area contributed by atoms with Crippen LogP contribution in [-0.4, -0.2) is 11.1 Å². The summed E-state index contributed by atoms with van der Waals surface area (Å²) in [6, 6.07) is 7.77. The molecule has 1 aromatic heterocycles. The summed E-state index contributed by atoms with van der Waals surface area (Å²) in [5, 5.41) is 20.6. The molecule has 0 atom stereocenters. The van der Waals surface area contributed by atoms with Crippen LogP contribution in [0.25, 0.3) is 10.9 Å². The summed E-state index contributed by atoms with van der Waals surface area (Å²) in [7, 11) is 0. The van der Waals surface area contributed by atoms with E-state index in [1.54, 1.807) is 18.2 Å². The first-order valence-corrected chi connectivity index (χ1v) is 4.04. The van der Waals surface area contributed by atoms with E-state index >= 15 is 0 Å². The number of aromatic nitrogens is 1. The molecule has 2 aromatic rings. The Balaban J connectivity index is 2.88. The Morgan fingerprint density at radius 1 is 1.29 bits per heavy atom. The molecule has 0 aliphatic rings. The van der Waals surface area contributed by atoms with Gasteiger partial charge in [-0.2, -0.15) is 4.73 Å². The minimum absolute atomic E-state index is 0.146. The molecular formula is C10H7NO3. The zero-order valence-corrected chi connectivity index (χ0v) is 7.18. The molecule has 0 saturated heterocycles. The minimum Gasteiger partial charge on any atom is -0.618 e. The van der Waals surface area contributed by atoms with Gasteiger partial charge in [0, 0.05) is 12.1 Å². The molecule has 1 heterocycles. The summed E-state index contributed by atoms with van der Waals surface area (Å²) in [5.41, 5.74) is 0.514. The van der Waals surface area contributed by atoms with E-state index in [0.717, 1.165) is 0 Å². The van der Waals surface area contributed by atoms with E-state index in [9.17, 15) is 10.0 Å². The molecule has 2 rings (SSSR count). The average molecular weight is 189 g/mol. The van der Waals surface area contributed by atoms with Crippen LogP contribution >= 0.6 is 0 Å². The number of carbonyl (C=O) groups is 1. The zero-order chi connectivity index (χ0) is 10.1. The molecule has 0 unspecified atom stereocenters. The quantitative estimate of drug-likeness (QED) is 0.541. The molecule has 1 N–H and O–H groups in total. The highest BCUT2D eigenvalue weighted by Crippen LogP contribution is 2.14. The third kappa shape index (κ3) is 1.17. The van der Waals surface area contributed by atoms with Crippen LogP contribution in [0.15, 0.2) is 36.5 Å². The van der Waals surface area contributed by atoms with Crippen molar-refractivity contribution in [2.75, 3.05) is 0 Å². The van der Waals surface area contributed by atoms with E-state index in [2.05, 4.69) is 0 Å². The maximum Gasteiger partial charge on any atom is 0.336 e. The number of hydrogen-bond acceptors (Lipinski definition) is 2. The summed E-state index contributed by atoms with van der Waals surface area (Å²) in [6.07, 6.45) is 1.34. The number of pyridine rings is 1. The van der Waals surface area contributed by atoms with Gasteiger partial charge in [0.05, 0.1) is 10.9 Å². The Labute approximate surface area is 79.6 Å². The molecule has 0 aliphatic heterocycles. The summed E-state index contributed by atoms with van der Waals surface area (Å²) >= 11 is 0. The van der Waals surface area contributed by atoms with E-state index < -0.39 is 5.97 Å². The summed E-state index contributed by atoms with van der Waals surface area (Å²) in [6.45, 7) is 0. The van der Waals surface area contributed by atoms with Crippen LogP contribution in [0, 0.1) is 5.21 Å². The molecular weight excluding hydrogens is 182 g/mol. The van der Waals surface area contributed by atoms with Crippen molar-refractivity contribution in [3.8, 4) is 0 Å². The van der Waals surface area contributed by atoms with Gasteiger partial charge in [0.25, 0.3) is 0 Å². The molecule has 0 spiro atoms. The van der Waals surface area contributed by atoms with Crippen LogP contribution in [0.5, 0.6) is 0 Å². The number of rotatable bonds is 1. The first-order chi connectivity index (χ1) is 6.70. The predicted octanol–water partition coefficient (Wildman–Crippen LogP) is 1.17. The van der Waals surface area contributed by atoms with Crippen molar-refractivity contribution in [1.82, 2.24) is 0 Å². The van der Waals surface area contributed by atoms with Crippen molar-refractivity contribution >= 4 is 16.9 Å². The Morgan fingerprint density at radius 2 is 2.07 bits per heavy atom. The molecule has 1 aromatic carbocycles. The van der Waals surface area contributed by atoms with Crippen molar-refractivity contribution in [3.63, 3.8) is 0 Å². The number of benzene rings is 1. The second-order valence-corrected chi connectivity index (χ2v) is 2.88. The van der Waals surface area contributed by atoms with Crippen molar-refractivity contribution in [1.29, 1.82) is 0 Å². The van der Waals surface area contributed by atoms with Crippen molar-refractivity contribution < 1.29 is 14.6 Å². The van der Waals surface area contributed by atoms with Crippen LogP contribution in [0.2, 0.25) is 0 Å². The van der Waals surface area contributed by atoms with E-state index in [1.807, 2.05) is 0 Å². The Kier molecular flexibility index (Phi) is 1.81. The van der Waals surface area contributed by atoms with Gasteiger partial charge in [-0.1, -0.05) is 6.07 Å². The molecule has 0 amide bonds. The topological polar surface area (TPSA) is 64.2 Å². The maximum absolute atomic E-state index is 11.3. The molecule has 4 nitrogen and oxygen atoms in total. The van der Waals surface area contributed by atoms with Crippen LogP contribution in [0.4, 0.5) is 0 Å². The fourth-order valence-corrected chi connectivity index (χ4v) is 1.40. The molecule has 14 heavy (non-hydrogen) atoms. The lowest BCUT2D eigenvalue weighted by atomic mass is 10.1. The Bertz CT molecular complexity index is 508. The molecule has 0 fully saturated rings. The van der Waals surface area contributed by atoms with Crippen molar-refractivity contribution in [3.05, 3.63) is 47.3 Å². The van der Waals surface area contributed by atoms with Crippen LogP contribution in [0.1, 0.15) is 10.4 Å². The molecule has 0 radical (unpaired) electrons. The first-order valence-electron chi connectivity index (χ1n) is 4.04. The number of hydrogen-bond donors (Lipinski definition) is 1. The van der Waals surface area contributed by atoms with E-state index in [-0.39, 0.29) is 5.56 Å². The first kappa shape index (κ1) is 8.50. The van der Waals surface area contributed by atoms with E-state index in [1.165, 1.54) is 18.3 Å². The van der Waals surface area contributed by atoms with Gasteiger partial charge >= 0.3 is 5.97 Å². The van der Waals surface area contributed by atoms with Gasteiger partial charge in [-0.25, -0.2) is 4.79 Å². The summed E-state index contributed by atoms with van der Waals surface area (Å²) in [4.78, 5) is 10.8. The fourth-order valence-electron chi connectivity index (χ4n) is 1.40. The average Bonchev–Trinajstić information content (AvgIpc) is 2.17. The highest BCUT2D eigenvalue weighted by Gasteiger charge is 2.11. The highest BCUT2D eigenvalue weighted by atomic mass is 16.5. The zero-order valence-electron chi connectivity index (χ0n) is 7.18. The molecule has 0 saturated carbocycles. The van der Waals surface area contributed by atoms with Crippen molar-refractivity contribution in [2.45, 2.75) is 0 Å². The second kappa shape index (κ2) is 2.99. The van der Waals surface area contributed by atoms with E-state index in [4.69, 9.17) is 5.11 Å². The smallest absolute Gasteiger partial charge is 0.336 e. The predicted molar refractivity (Wildman–Crippen MR) is 49.9 cm³/mol. The van der Waals surface area contributed by atoms with Crippen LogP contribution < -0.4 is 4.73 Å². The maximum atomic E-state index is 11.3. The number of aromatic carboxylic acids is 1. The number of carboxylic acids is 1. The standard InChI is InChI=1S/C10H7NO3/c12-10(13)8-3-1-5-9-7(8)4-2-6-11(9)14/h1-6H,(H,12,13). The van der Waals surface area contributed by atoms with Gasteiger partial charge in [0.1, 0.15) is 0 Å². The lowest BCUT2D eigenvalue weighted by molar-refractivity contribution is -0.577. The summed E-state index contributed by atoms with van der Waals surface area (Å²) < 4.78 is 0.655. The molecule has 0 aliphatic carbocycles. The number of fused-ring (bicyclic) bond motifs is 1. The largest absolute Gasteiger partial charge is 0.618 e. The van der Waals surface area contributed by atoms with Gasteiger partial charge in [-0.05, 0) is 12.1 Å². The lowest BCUT2D eigenvalue weighted by Gasteiger charge is -2.02. The second-order valence-electron chi connectivity index (χ2n) is 2.88. The van der Waals surface area contributed by atoms with Gasteiger partial charge in [-0.3, -0.25) is 0 Å². The lowest BCUT2D eigenvalue weighted by Crippen LogP contribution is -2.26. The van der Waals surface area contributed by atoms with E-state index in [0.29, 0.717) is 15.6 Å². The monoisotopic (exact) mass is 189 g/mol. The Morgan fingerprint density at radius 3 is 2.79 bits per heavy atom. The van der Waals surface area contributed by atoms with Gasteiger partial charge in [0.2, 0.25) is 5.52 Å². The molecule has 0 bridgehead atoms.